The Morgan fingerprint density at radius 1 is 1.38 bits per heavy atom. The van der Waals surface area contributed by atoms with Gasteiger partial charge in [0.1, 0.15) is 0 Å². The molecule has 0 aliphatic heterocycles. The number of benzene rings is 1. The number of aryl methyl sites for hydroxylation is 1. The zero-order valence-corrected chi connectivity index (χ0v) is 10.2. The van der Waals surface area contributed by atoms with Crippen LogP contribution in [-0.2, 0) is 6.42 Å². The minimum Gasteiger partial charge on any atom is -0.327 e. The first-order valence-corrected chi connectivity index (χ1v) is 6.05. The van der Waals surface area contributed by atoms with Gasteiger partial charge in [-0.1, -0.05) is 38.5 Å². The summed E-state index contributed by atoms with van der Waals surface area (Å²) in [5.41, 5.74) is 7.87. The summed E-state index contributed by atoms with van der Waals surface area (Å²) < 4.78 is 0. The maximum atomic E-state index is 11.9. The maximum Gasteiger partial charge on any atom is 0.164 e. The number of rotatable bonds is 6. The van der Waals surface area contributed by atoms with Crippen LogP contribution < -0.4 is 5.73 Å². The summed E-state index contributed by atoms with van der Waals surface area (Å²) >= 11 is 0. The molecule has 16 heavy (non-hydrogen) atoms. The molecule has 1 unspecified atom stereocenters. The van der Waals surface area contributed by atoms with Gasteiger partial charge in [-0.3, -0.25) is 4.79 Å². The third-order valence-electron chi connectivity index (χ3n) is 2.76. The fourth-order valence-electron chi connectivity index (χ4n) is 1.79. The predicted octanol–water partition coefficient (Wildman–Crippen LogP) is 2.95. The number of carbonyl (C=O) groups excluding carboxylic acids is 1. The van der Waals surface area contributed by atoms with Crippen molar-refractivity contribution in [2.75, 3.05) is 0 Å². The van der Waals surface area contributed by atoms with Crippen molar-refractivity contribution in [3.05, 3.63) is 35.4 Å². The second-order valence-corrected chi connectivity index (χ2v) is 4.23. The van der Waals surface area contributed by atoms with Gasteiger partial charge in [0.05, 0.1) is 0 Å². The maximum absolute atomic E-state index is 11.9. The minimum absolute atomic E-state index is 0.00258. The molecule has 0 aliphatic rings. The summed E-state index contributed by atoms with van der Waals surface area (Å²) in [6.45, 7) is 4.18. The predicted molar refractivity (Wildman–Crippen MR) is 67.7 cm³/mol. The Hall–Kier alpha value is -1.15. The lowest BCUT2D eigenvalue weighted by atomic mass is 9.99. The van der Waals surface area contributed by atoms with Crippen LogP contribution in [0.5, 0.6) is 0 Å². The molecular weight excluding hydrogens is 198 g/mol. The van der Waals surface area contributed by atoms with Gasteiger partial charge in [-0.05, 0) is 24.5 Å². The van der Waals surface area contributed by atoms with Crippen LogP contribution in [-0.4, -0.2) is 11.8 Å². The molecule has 2 nitrogen and oxygen atoms in total. The van der Waals surface area contributed by atoms with Gasteiger partial charge in [0.25, 0.3) is 0 Å². The number of Topliss-reactive ketones (excluding diaryl/α,β-unsaturated/α-hetero) is 1. The van der Waals surface area contributed by atoms with Crippen molar-refractivity contribution < 1.29 is 4.79 Å². The molecule has 88 valence electrons. The molecule has 2 N–H and O–H groups in total. The van der Waals surface area contributed by atoms with Gasteiger partial charge >= 0.3 is 0 Å². The highest BCUT2D eigenvalue weighted by Gasteiger charge is 2.11. The molecule has 1 atom stereocenters. The van der Waals surface area contributed by atoms with E-state index in [-0.39, 0.29) is 11.8 Å². The van der Waals surface area contributed by atoms with Crippen molar-refractivity contribution in [1.29, 1.82) is 0 Å². The summed E-state index contributed by atoms with van der Waals surface area (Å²) in [6, 6.07) is 7.84. The zero-order valence-electron chi connectivity index (χ0n) is 10.2. The lowest BCUT2D eigenvalue weighted by Gasteiger charge is -2.09. The van der Waals surface area contributed by atoms with E-state index in [9.17, 15) is 4.79 Å². The van der Waals surface area contributed by atoms with Gasteiger partial charge in [0.15, 0.2) is 5.78 Å². The van der Waals surface area contributed by atoms with E-state index in [2.05, 4.69) is 13.8 Å². The van der Waals surface area contributed by atoms with Crippen molar-refractivity contribution in [3.8, 4) is 0 Å². The summed E-state index contributed by atoms with van der Waals surface area (Å²) in [6.07, 6.45) is 3.37. The first kappa shape index (κ1) is 12.9. The lowest BCUT2D eigenvalue weighted by Crippen LogP contribution is -2.23. The monoisotopic (exact) mass is 219 g/mol. The lowest BCUT2D eigenvalue weighted by molar-refractivity contribution is 0.0973. The second-order valence-electron chi connectivity index (χ2n) is 4.23. The summed E-state index contributed by atoms with van der Waals surface area (Å²) in [5, 5.41) is 0. The van der Waals surface area contributed by atoms with E-state index in [0.717, 1.165) is 24.8 Å². The Morgan fingerprint density at radius 2 is 2.12 bits per heavy atom. The van der Waals surface area contributed by atoms with Gasteiger partial charge in [0.2, 0.25) is 0 Å². The summed E-state index contributed by atoms with van der Waals surface area (Å²) in [7, 11) is 0. The van der Waals surface area contributed by atoms with Crippen LogP contribution in [0.25, 0.3) is 0 Å². The summed E-state index contributed by atoms with van der Waals surface area (Å²) in [4.78, 5) is 11.9. The Balaban J connectivity index is 2.65. The molecule has 0 aromatic heterocycles. The van der Waals surface area contributed by atoms with Crippen LogP contribution >= 0.6 is 0 Å². The summed E-state index contributed by atoms with van der Waals surface area (Å²) in [5.74, 6) is 0.163. The van der Waals surface area contributed by atoms with Crippen molar-refractivity contribution in [2.24, 2.45) is 5.73 Å². The molecule has 0 saturated carbocycles. The highest BCUT2D eigenvalue weighted by Crippen LogP contribution is 2.10. The molecule has 2 heteroatoms. The molecular formula is C14H21NO. The van der Waals surface area contributed by atoms with Crippen LogP contribution in [0.4, 0.5) is 0 Å². The number of hydrogen-bond acceptors (Lipinski definition) is 2. The SMILES string of the molecule is CCCC(N)CC(=O)c1cccc(CC)c1. The van der Waals surface area contributed by atoms with E-state index in [1.165, 1.54) is 5.56 Å². The van der Waals surface area contributed by atoms with E-state index in [0.29, 0.717) is 6.42 Å². The Labute approximate surface area is 97.9 Å². The third kappa shape index (κ3) is 3.78. The minimum atomic E-state index is 0.00258. The van der Waals surface area contributed by atoms with Gasteiger partial charge in [0, 0.05) is 18.0 Å². The van der Waals surface area contributed by atoms with Crippen molar-refractivity contribution in [2.45, 2.75) is 45.6 Å². The van der Waals surface area contributed by atoms with Crippen LogP contribution in [0.1, 0.15) is 49.0 Å². The second kappa shape index (κ2) is 6.44. The average Bonchev–Trinajstić information content (AvgIpc) is 2.29. The quantitative estimate of drug-likeness (QED) is 0.747. The first-order chi connectivity index (χ1) is 7.67. The van der Waals surface area contributed by atoms with Gasteiger partial charge in [-0.2, -0.15) is 0 Å². The molecule has 0 bridgehead atoms. The van der Waals surface area contributed by atoms with Crippen molar-refractivity contribution in [1.82, 2.24) is 0 Å². The average molecular weight is 219 g/mol. The van der Waals surface area contributed by atoms with E-state index < -0.39 is 0 Å². The van der Waals surface area contributed by atoms with Gasteiger partial charge in [-0.25, -0.2) is 0 Å². The van der Waals surface area contributed by atoms with E-state index in [4.69, 9.17) is 5.73 Å². The van der Waals surface area contributed by atoms with E-state index >= 15 is 0 Å². The van der Waals surface area contributed by atoms with E-state index in [1.54, 1.807) is 0 Å². The number of hydrogen-bond donors (Lipinski definition) is 1. The smallest absolute Gasteiger partial charge is 0.164 e. The molecule has 1 rings (SSSR count). The zero-order chi connectivity index (χ0) is 12.0. The molecule has 0 aliphatic carbocycles. The standard InChI is InChI=1S/C14H21NO/c1-3-6-13(15)10-14(16)12-8-5-7-11(4-2)9-12/h5,7-9,13H,3-4,6,10,15H2,1-2H3. The molecule has 0 radical (unpaired) electrons. The fraction of sp³-hybridized carbons (Fsp3) is 0.500. The fourth-order valence-corrected chi connectivity index (χ4v) is 1.79. The highest BCUT2D eigenvalue weighted by molar-refractivity contribution is 5.96. The number of nitrogens with two attached hydrogens (primary N) is 1. The van der Waals surface area contributed by atoms with Crippen molar-refractivity contribution >= 4 is 5.78 Å². The topological polar surface area (TPSA) is 43.1 Å². The largest absolute Gasteiger partial charge is 0.327 e. The van der Waals surface area contributed by atoms with Crippen LogP contribution in [0.2, 0.25) is 0 Å². The first-order valence-electron chi connectivity index (χ1n) is 6.05. The number of ketones is 1. The molecule has 0 saturated heterocycles. The Morgan fingerprint density at radius 3 is 2.75 bits per heavy atom. The van der Waals surface area contributed by atoms with Gasteiger partial charge in [-0.15, -0.1) is 0 Å². The Bertz CT molecular complexity index is 346. The molecule has 0 fully saturated rings. The van der Waals surface area contributed by atoms with Gasteiger partial charge < -0.3 is 5.73 Å². The van der Waals surface area contributed by atoms with Crippen molar-refractivity contribution in [3.63, 3.8) is 0 Å². The Kier molecular flexibility index (Phi) is 5.20. The molecule has 0 amide bonds. The normalized spacial score (nSPS) is 12.4. The molecule has 0 heterocycles. The molecule has 1 aromatic carbocycles. The number of carbonyl (C=O) groups is 1. The highest BCUT2D eigenvalue weighted by atomic mass is 16.1. The third-order valence-corrected chi connectivity index (χ3v) is 2.76. The van der Waals surface area contributed by atoms with E-state index in [1.807, 2.05) is 24.3 Å². The molecule has 1 aromatic rings. The molecule has 0 spiro atoms. The van der Waals surface area contributed by atoms with Crippen LogP contribution in [0, 0.1) is 0 Å². The van der Waals surface area contributed by atoms with Crippen LogP contribution in [0.15, 0.2) is 24.3 Å². The van der Waals surface area contributed by atoms with Crippen LogP contribution in [0.3, 0.4) is 0 Å².